The minimum absolute atomic E-state index is 0.112. The molecule has 2 aromatic carbocycles. The van der Waals surface area contributed by atoms with Gasteiger partial charge in [0.2, 0.25) is 5.82 Å². The van der Waals surface area contributed by atoms with Gasteiger partial charge in [-0.1, -0.05) is 30.6 Å². The van der Waals surface area contributed by atoms with Crippen LogP contribution in [-0.4, -0.2) is 41.0 Å². The lowest BCUT2D eigenvalue weighted by Crippen LogP contribution is -2.46. The Labute approximate surface area is 198 Å². The molecule has 172 valence electrons. The standard InChI is InChI=1S/C25H28N4O3S/c1-5-6-15-29-16(2)21(22(26-25(29)30)17-9-13-20(33-4)14-10-17)24-27-23(28-32-24)18-7-11-19(31-3)12-8-18/h7-14,22H,5-6,15H2,1-4H3,(H,26,30). The van der Waals surface area contributed by atoms with Crippen LogP contribution >= 0.6 is 11.8 Å². The zero-order valence-electron chi connectivity index (χ0n) is 19.3. The zero-order chi connectivity index (χ0) is 23.4. The number of thioether (sulfide) groups is 1. The van der Waals surface area contributed by atoms with Crippen LogP contribution < -0.4 is 10.1 Å². The Morgan fingerprint density at radius 3 is 2.52 bits per heavy atom. The van der Waals surface area contributed by atoms with E-state index in [2.05, 4.69) is 29.5 Å². The third-order valence-electron chi connectivity index (χ3n) is 5.79. The van der Waals surface area contributed by atoms with E-state index in [1.54, 1.807) is 23.8 Å². The van der Waals surface area contributed by atoms with Crippen molar-refractivity contribution in [2.45, 2.75) is 37.6 Å². The predicted octanol–water partition coefficient (Wildman–Crippen LogP) is 5.76. The number of carbonyl (C=O) groups is 1. The molecule has 7 nitrogen and oxygen atoms in total. The van der Waals surface area contributed by atoms with Crippen molar-refractivity contribution in [2.75, 3.05) is 19.9 Å². The number of amides is 2. The van der Waals surface area contributed by atoms with Crippen molar-refractivity contribution in [3.8, 4) is 17.1 Å². The van der Waals surface area contributed by atoms with Gasteiger partial charge in [-0.15, -0.1) is 11.8 Å². The fourth-order valence-electron chi connectivity index (χ4n) is 3.88. The molecule has 1 aliphatic rings. The van der Waals surface area contributed by atoms with E-state index >= 15 is 0 Å². The molecular formula is C25H28N4O3S. The number of urea groups is 1. The Hall–Kier alpha value is -3.26. The van der Waals surface area contributed by atoms with E-state index in [4.69, 9.17) is 14.2 Å². The molecule has 0 spiro atoms. The summed E-state index contributed by atoms with van der Waals surface area (Å²) in [5.41, 5.74) is 3.44. The van der Waals surface area contributed by atoms with Crippen molar-refractivity contribution in [1.29, 1.82) is 0 Å². The molecule has 0 aliphatic carbocycles. The predicted molar refractivity (Wildman–Crippen MR) is 130 cm³/mol. The second-order valence-electron chi connectivity index (χ2n) is 7.81. The van der Waals surface area contributed by atoms with Crippen LogP contribution in [0.2, 0.25) is 0 Å². The Bertz CT molecular complexity index is 1140. The Morgan fingerprint density at radius 2 is 1.88 bits per heavy atom. The summed E-state index contributed by atoms with van der Waals surface area (Å²) in [6, 6.07) is 15.2. The minimum Gasteiger partial charge on any atom is -0.497 e. The van der Waals surface area contributed by atoms with E-state index in [1.165, 1.54) is 0 Å². The normalized spacial score (nSPS) is 16.2. The number of allylic oxidation sites excluding steroid dienone is 1. The average molecular weight is 465 g/mol. The zero-order valence-corrected chi connectivity index (χ0v) is 20.1. The molecule has 1 aromatic heterocycles. The van der Waals surface area contributed by atoms with E-state index in [-0.39, 0.29) is 12.1 Å². The third-order valence-corrected chi connectivity index (χ3v) is 6.53. The van der Waals surface area contributed by atoms with Crippen molar-refractivity contribution in [3.63, 3.8) is 0 Å². The van der Waals surface area contributed by atoms with E-state index in [0.29, 0.717) is 18.3 Å². The smallest absolute Gasteiger partial charge is 0.322 e. The Morgan fingerprint density at radius 1 is 1.15 bits per heavy atom. The Kier molecular flexibility index (Phi) is 7.03. The Balaban J connectivity index is 1.76. The molecule has 4 rings (SSSR count). The highest BCUT2D eigenvalue weighted by molar-refractivity contribution is 7.98. The number of hydrogen-bond donors (Lipinski definition) is 1. The lowest BCUT2D eigenvalue weighted by molar-refractivity contribution is 0.204. The molecule has 0 radical (unpaired) electrons. The average Bonchev–Trinajstić information content (AvgIpc) is 3.33. The molecule has 0 saturated carbocycles. The van der Waals surface area contributed by atoms with Gasteiger partial charge in [-0.25, -0.2) is 4.79 Å². The number of benzene rings is 2. The first-order valence-electron chi connectivity index (χ1n) is 11.0. The maximum Gasteiger partial charge on any atom is 0.322 e. The van der Waals surface area contributed by atoms with Crippen molar-refractivity contribution in [2.24, 2.45) is 0 Å². The first kappa shape index (κ1) is 22.9. The molecule has 2 heterocycles. The van der Waals surface area contributed by atoms with E-state index < -0.39 is 0 Å². The maximum absolute atomic E-state index is 13.0. The summed E-state index contributed by atoms with van der Waals surface area (Å²) < 4.78 is 11.0. The van der Waals surface area contributed by atoms with Crippen LogP contribution in [0.3, 0.4) is 0 Å². The number of aromatic nitrogens is 2. The number of ether oxygens (including phenoxy) is 1. The number of rotatable bonds is 8. The molecule has 0 bridgehead atoms. The molecule has 1 atom stereocenters. The number of hydrogen-bond acceptors (Lipinski definition) is 6. The number of nitrogens with one attached hydrogen (secondary N) is 1. The number of unbranched alkanes of at least 4 members (excludes halogenated alkanes) is 1. The van der Waals surface area contributed by atoms with Gasteiger partial charge < -0.3 is 14.6 Å². The van der Waals surface area contributed by atoms with Crippen LogP contribution in [0.25, 0.3) is 17.0 Å². The maximum atomic E-state index is 13.0. The SMILES string of the molecule is CCCCN1C(=O)NC(c2ccc(SC)cc2)C(c2nc(-c3ccc(OC)cc3)no2)=C1C. The van der Waals surface area contributed by atoms with Crippen LogP contribution in [0.15, 0.2) is 63.6 Å². The molecule has 0 saturated heterocycles. The van der Waals surface area contributed by atoms with Gasteiger partial charge in [0.25, 0.3) is 5.89 Å². The van der Waals surface area contributed by atoms with E-state index in [9.17, 15) is 4.79 Å². The van der Waals surface area contributed by atoms with Crippen LogP contribution in [-0.2, 0) is 0 Å². The molecule has 8 heteroatoms. The molecule has 2 amide bonds. The van der Waals surface area contributed by atoms with Gasteiger partial charge in [-0.05, 0) is 61.6 Å². The van der Waals surface area contributed by atoms with Crippen LogP contribution in [0.4, 0.5) is 4.79 Å². The van der Waals surface area contributed by atoms with Gasteiger partial charge >= 0.3 is 6.03 Å². The topological polar surface area (TPSA) is 80.5 Å². The second-order valence-corrected chi connectivity index (χ2v) is 8.69. The van der Waals surface area contributed by atoms with E-state index in [0.717, 1.165) is 45.9 Å². The summed E-state index contributed by atoms with van der Waals surface area (Å²) in [7, 11) is 1.63. The van der Waals surface area contributed by atoms with Gasteiger partial charge in [-0.3, -0.25) is 4.90 Å². The number of carbonyl (C=O) groups excluding carboxylic acids is 1. The molecular weight excluding hydrogens is 436 g/mol. The lowest BCUT2D eigenvalue weighted by Gasteiger charge is -2.35. The van der Waals surface area contributed by atoms with Gasteiger partial charge in [-0.2, -0.15) is 4.98 Å². The van der Waals surface area contributed by atoms with Crippen molar-refractivity contribution in [3.05, 3.63) is 65.7 Å². The van der Waals surface area contributed by atoms with Crippen LogP contribution in [0.1, 0.15) is 44.2 Å². The van der Waals surface area contributed by atoms with Crippen molar-refractivity contribution >= 4 is 23.4 Å². The monoisotopic (exact) mass is 464 g/mol. The fraction of sp³-hybridized carbons (Fsp3) is 0.320. The van der Waals surface area contributed by atoms with Gasteiger partial charge in [0, 0.05) is 22.7 Å². The molecule has 33 heavy (non-hydrogen) atoms. The molecule has 1 aliphatic heterocycles. The highest BCUT2D eigenvalue weighted by atomic mass is 32.2. The highest BCUT2D eigenvalue weighted by Gasteiger charge is 2.35. The number of nitrogens with zero attached hydrogens (tertiary/aromatic N) is 3. The summed E-state index contributed by atoms with van der Waals surface area (Å²) in [6.45, 7) is 4.69. The highest BCUT2D eigenvalue weighted by Crippen LogP contribution is 2.38. The van der Waals surface area contributed by atoms with Crippen molar-refractivity contribution in [1.82, 2.24) is 20.4 Å². The molecule has 3 aromatic rings. The first-order chi connectivity index (χ1) is 16.0. The summed E-state index contributed by atoms with van der Waals surface area (Å²) in [6.07, 6.45) is 3.94. The minimum atomic E-state index is -0.379. The number of methoxy groups -OCH3 is 1. The summed E-state index contributed by atoms with van der Waals surface area (Å²) in [4.78, 5) is 20.6. The van der Waals surface area contributed by atoms with E-state index in [1.807, 2.05) is 49.6 Å². The van der Waals surface area contributed by atoms with Gasteiger partial charge in [0.15, 0.2) is 0 Å². The molecule has 1 unspecified atom stereocenters. The summed E-state index contributed by atoms with van der Waals surface area (Å²) in [5.74, 6) is 1.65. The van der Waals surface area contributed by atoms with Crippen LogP contribution in [0, 0.1) is 0 Å². The molecule has 0 fully saturated rings. The summed E-state index contributed by atoms with van der Waals surface area (Å²) >= 11 is 1.68. The van der Waals surface area contributed by atoms with Gasteiger partial charge in [0.1, 0.15) is 5.75 Å². The largest absolute Gasteiger partial charge is 0.497 e. The van der Waals surface area contributed by atoms with Crippen molar-refractivity contribution < 1.29 is 14.1 Å². The summed E-state index contributed by atoms with van der Waals surface area (Å²) in [5, 5.41) is 7.37. The first-order valence-corrected chi connectivity index (χ1v) is 12.2. The fourth-order valence-corrected chi connectivity index (χ4v) is 4.29. The van der Waals surface area contributed by atoms with Crippen LogP contribution in [0.5, 0.6) is 5.75 Å². The third kappa shape index (κ3) is 4.75. The molecule has 1 N–H and O–H groups in total. The lowest BCUT2D eigenvalue weighted by atomic mass is 9.94. The second kappa shape index (κ2) is 10.1. The van der Waals surface area contributed by atoms with Gasteiger partial charge in [0.05, 0.1) is 18.7 Å². The quantitative estimate of drug-likeness (QED) is 0.427.